The first kappa shape index (κ1) is 25.1. The van der Waals surface area contributed by atoms with E-state index in [2.05, 4.69) is 46.7 Å². The van der Waals surface area contributed by atoms with Crippen molar-refractivity contribution in [2.45, 2.75) is 52.1 Å². The highest BCUT2D eigenvalue weighted by molar-refractivity contribution is 5.96. The number of aryl methyl sites for hydroxylation is 2. The van der Waals surface area contributed by atoms with Gasteiger partial charge in [-0.1, -0.05) is 24.3 Å². The Kier molecular flexibility index (Phi) is 5.15. The molecule has 43 heavy (non-hydrogen) atoms. The van der Waals surface area contributed by atoms with Gasteiger partial charge in [0, 0.05) is 47.4 Å². The van der Waals surface area contributed by atoms with Gasteiger partial charge in [0.05, 0.1) is 16.8 Å². The Morgan fingerprint density at radius 1 is 0.930 bits per heavy atom. The molecule has 3 aromatic heterocycles. The van der Waals surface area contributed by atoms with Crippen LogP contribution in [0.3, 0.4) is 0 Å². The fourth-order valence-electron chi connectivity index (χ4n) is 8.41. The Hall–Kier alpha value is -4.39. The number of carbonyl (C=O) groups excluding carboxylic acids is 2. The van der Waals surface area contributed by atoms with Crippen molar-refractivity contribution in [3.05, 3.63) is 83.0 Å². The van der Waals surface area contributed by atoms with Gasteiger partial charge in [-0.15, -0.1) is 0 Å². The fraction of sp³-hybridized carbons (Fsp3) is 0.361. The SMILES string of the molecule is Cc1cc(-c2ccc3cc(-c4nn5cc(C(=O)N6CC7CC8CC6[C@H]87)ccc5c4C)n(CC4CC4)c3c2)ccc1C(N)=O. The zero-order chi connectivity index (χ0) is 29.1. The van der Waals surface area contributed by atoms with E-state index in [0.717, 1.165) is 75.6 Å². The van der Waals surface area contributed by atoms with Crippen LogP contribution in [0.15, 0.2) is 60.8 Å². The van der Waals surface area contributed by atoms with E-state index < -0.39 is 5.91 Å². The molecule has 5 aromatic rings. The van der Waals surface area contributed by atoms with Gasteiger partial charge in [-0.25, -0.2) is 4.52 Å². The van der Waals surface area contributed by atoms with Crippen molar-refractivity contribution in [1.29, 1.82) is 0 Å². The molecule has 3 unspecified atom stereocenters. The number of hydrogen-bond donors (Lipinski definition) is 1. The minimum Gasteiger partial charge on any atom is -0.366 e. The summed E-state index contributed by atoms with van der Waals surface area (Å²) in [5.74, 6) is 2.79. The van der Waals surface area contributed by atoms with E-state index in [9.17, 15) is 9.59 Å². The third-order valence-corrected chi connectivity index (χ3v) is 11.0. The average Bonchev–Trinajstić information content (AvgIpc) is 3.66. The van der Waals surface area contributed by atoms with Crippen molar-refractivity contribution in [2.75, 3.05) is 6.54 Å². The summed E-state index contributed by atoms with van der Waals surface area (Å²) in [5, 5.41) is 6.29. The number of primary amides is 1. The molecule has 7 nitrogen and oxygen atoms in total. The summed E-state index contributed by atoms with van der Waals surface area (Å²) in [6, 6.07) is 19.2. The number of amides is 2. The lowest BCUT2D eigenvalue weighted by molar-refractivity contribution is -0.0204. The molecule has 216 valence electrons. The van der Waals surface area contributed by atoms with Crippen molar-refractivity contribution >= 4 is 28.2 Å². The fourth-order valence-corrected chi connectivity index (χ4v) is 8.41. The maximum Gasteiger partial charge on any atom is 0.255 e. The van der Waals surface area contributed by atoms with Gasteiger partial charge in [0.25, 0.3) is 5.91 Å². The number of nitrogens with two attached hydrogens (primary N) is 1. The summed E-state index contributed by atoms with van der Waals surface area (Å²) >= 11 is 0. The number of fused-ring (bicyclic) bond motifs is 2. The Morgan fingerprint density at radius 2 is 1.74 bits per heavy atom. The molecule has 4 fully saturated rings. The first-order valence-electron chi connectivity index (χ1n) is 15.7. The molecule has 4 heterocycles. The zero-order valence-electron chi connectivity index (χ0n) is 24.6. The normalized spacial score (nSPS) is 23.8. The van der Waals surface area contributed by atoms with Crippen LogP contribution >= 0.6 is 0 Å². The molecule has 2 N–H and O–H groups in total. The first-order chi connectivity index (χ1) is 20.8. The van der Waals surface area contributed by atoms with Crippen LogP contribution in [-0.4, -0.2) is 43.5 Å². The average molecular weight is 570 g/mol. The molecule has 4 atom stereocenters. The summed E-state index contributed by atoms with van der Waals surface area (Å²) in [6.07, 6.45) is 6.94. The summed E-state index contributed by atoms with van der Waals surface area (Å²) in [7, 11) is 0. The van der Waals surface area contributed by atoms with Crippen LogP contribution in [0.2, 0.25) is 0 Å². The zero-order valence-corrected chi connectivity index (χ0v) is 24.6. The van der Waals surface area contributed by atoms with E-state index in [1.165, 1.54) is 36.6 Å². The van der Waals surface area contributed by atoms with Crippen molar-refractivity contribution in [1.82, 2.24) is 19.1 Å². The number of hydrogen-bond acceptors (Lipinski definition) is 3. The van der Waals surface area contributed by atoms with Gasteiger partial charge in [-0.05, 0) is 110 Å². The van der Waals surface area contributed by atoms with Gasteiger partial charge < -0.3 is 15.2 Å². The van der Waals surface area contributed by atoms with Crippen LogP contribution < -0.4 is 5.73 Å². The summed E-state index contributed by atoms with van der Waals surface area (Å²) in [6.45, 7) is 5.95. The third kappa shape index (κ3) is 3.69. The molecule has 2 amide bonds. The maximum absolute atomic E-state index is 13.6. The molecule has 0 spiro atoms. The van der Waals surface area contributed by atoms with E-state index in [4.69, 9.17) is 10.8 Å². The third-order valence-electron chi connectivity index (χ3n) is 11.0. The molecular formula is C36H35N5O2. The minimum absolute atomic E-state index is 0.156. The van der Waals surface area contributed by atoms with Crippen LogP contribution in [0, 0.1) is 37.5 Å². The van der Waals surface area contributed by atoms with Crippen molar-refractivity contribution in [2.24, 2.45) is 29.4 Å². The second-order valence-electron chi connectivity index (χ2n) is 13.6. The molecule has 3 saturated carbocycles. The molecule has 0 bridgehead atoms. The van der Waals surface area contributed by atoms with Crippen LogP contribution in [0.1, 0.15) is 57.5 Å². The highest BCUT2D eigenvalue weighted by Crippen LogP contribution is 2.60. The molecule has 7 heteroatoms. The van der Waals surface area contributed by atoms with E-state index in [1.54, 1.807) is 0 Å². The minimum atomic E-state index is -0.402. The Balaban J connectivity index is 1.11. The molecule has 1 saturated heterocycles. The largest absolute Gasteiger partial charge is 0.366 e. The first-order valence-corrected chi connectivity index (χ1v) is 15.7. The summed E-state index contributed by atoms with van der Waals surface area (Å²) in [4.78, 5) is 27.5. The number of carbonyl (C=O) groups is 2. The predicted octanol–water partition coefficient (Wildman–Crippen LogP) is 6.23. The van der Waals surface area contributed by atoms with Gasteiger partial charge >= 0.3 is 0 Å². The van der Waals surface area contributed by atoms with Crippen molar-refractivity contribution in [3.8, 4) is 22.5 Å². The lowest BCUT2D eigenvalue weighted by Gasteiger charge is -2.52. The van der Waals surface area contributed by atoms with Crippen molar-refractivity contribution in [3.63, 3.8) is 0 Å². The van der Waals surface area contributed by atoms with E-state index >= 15 is 0 Å². The molecular weight excluding hydrogens is 534 g/mol. The molecule has 3 aliphatic carbocycles. The standard InChI is InChI=1S/C36H35N5O2/c1-19-11-22(7-9-28(19)35(37)42)23-5-6-24-14-32(39(30(24)13-23)16-21-3-4-21)34-20(2)29-10-8-25(18-41(29)38-34)36(43)40-17-27-12-26-15-31(40)33(26)27/h5-11,13-14,18,21,26-27,31,33H,3-4,12,15-17H2,1-2H3,(H2,37,42)/t26?,27?,31?,33-/m1/s1. The second-order valence-corrected chi connectivity index (χ2v) is 13.6. The van der Waals surface area contributed by atoms with Crippen LogP contribution in [0.25, 0.3) is 38.9 Å². The van der Waals surface area contributed by atoms with Gasteiger partial charge in [0.1, 0.15) is 5.69 Å². The molecule has 0 radical (unpaired) electrons. The second kappa shape index (κ2) is 8.82. The number of likely N-dealkylation sites (tertiary alicyclic amines) is 1. The molecule has 4 aliphatic rings. The lowest BCUT2D eigenvalue weighted by Crippen LogP contribution is -2.53. The number of pyridine rings is 1. The Bertz CT molecular complexity index is 2010. The maximum atomic E-state index is 13.6. The topological polar surface area (TPSA) is 85.6 Å². The quantitative estimate of drug-likeness (QED) is 0.263. The van der Waals surface area contributed by atoms with Gasteiger partial charge in [-0.3, -0.25) is 9.59 Å². The molecule has 2 aromatic carbocycles. The number of rotatable bonds is 6. The summed E-state index contributed by atoms with van der Waals surface area (Å²) < 4.78 is 4.36. The lowest BCUT2D eigenvalue weighted by atomic mass is 9.53. The van der Waals surface area contributed by atoms with Crippen LogP contribution in [-0.2, 0) is 6.54 Å². The molecule has 1 aliphatic heterocycles. The number of aromatic nitrogens is 3. The van der Waals surface area contributed by atoms with E-state index in [1.807, 2.05) is 41.9 Å². The smallest absolute Gasteiger partial charge is 0.255 e. The summed E-state index contributed by atoms with van der Waals surface area (Å²) in [5.41, 5.74) is 15.3. The highest BCUT2D eigenvalue weighted by atomic mass is 16.2. The number of nitrogens with zero attached hydrogens (tertiary/aromatic N) is 4. The Labute approximate surface area is 250 Å². The molecule has 9 rings (SSSR count). The van der Waals surface area contributed by atoms with Gasteiger partial charge in [-0.2, -0.15) is 5.10 Å². The Morgan fingerprint density at radius 3 is 2.49 bits per heavy atom. The van der Waals surface area contributed by atoms with Crippen LogP contribution in [0.4, 0.5) is 0 Å². The van der Waals surface area contributed by atoms with Gasteiger partial charge in [0.15, 0.2) is 0 Å². The monoisotopic (exact) mass is 569 g/mol. The predicted molar refractivity (Wildman–Crippen MR) is 167 cm³/mol. The van der Waals surface area contributed by atoms with E-state index in [0.29, 0.717) is 17.5 Å². The van der Waals surface area contributed by atoms with Crippen LogP contribution in [0.5, 0.6) is 0 Å². The van der Waals surface area contributed by atoms with Crippen molar-refractivity contribution < 1.29 is 9.59 Å². The number of benzene rings is 2. The van der Waals surface area contributed by atoms with E-state index in [-0.39, 0.29) is 5.91 Å². The highest BCUT2D eigenvalue weighted by Gasteiger charge is 2.61. The van der Waals surface area contributed by atoms with Gasteiger partial charge in [0.2, 0.25) is 5.91 Å².